The zero-order valence-electron chi connectivity index (χ0n) is 46.5. The molecule has 1 heterocycles. The van der Waals surface area contributed by atoms with Crippen LogP contribution >= 0.6 is 0 Å². The molecule has 1 saturated heterocycles. The number of carboxylic acids is 1. The lowest BCUT2D eigenvalue weighted by molar-refractivity contribution is -0.301. The van der Waals surface area contributed by atoms with Gasteiger partial charge in [0.2, 0.25) is 0 Å². The summed E-state index contributed by atoms with van der Waals surface area (Å²) in [6.45, 7) is 5.64. The predicted molar refractivity (Wildman–Crippen MR) is 303 cm³/mol. The van der Waals surface area contributed by atoms with Crippen LogP contribution in [0.4, 0.5) is 0 Å². The maximum absolute atomic E-state index is 13.1. The van der Waals surface area contributed by atoms with Gasteiger partial charge in [0.25, 0.3) is 0 Å². The highest BCUT2D eigenvalue weighted by molar-refractivity contribution is 5.74. The Morgan fingerprint density at radius 3 is 1.36 bits per heavy atom. The van der Waals surface area contributed by atoms with Crippen molar-refractivity contribution in [3.63, 3.8) is 0 Å². The summed E-state index contributed by atoms with van der Waals surface area (Å²) in [7, 11) is 0. The number of carbonyl (C=O) groups excluding carboxylic acids is 3. The predicted octanol–water partition coefficient (Wildman–Crippen LogP) is 14.7. The van der Waals surface area contributed by atoms with E-state index in [2.05, 4.69) is 106 Å². The van der Waals surface area contributed by atoms with Gasteiger partial charge in [-0.15, -0.1) is 0 Å². The minimum absolute atomic E-state index is 0.0340. The fraction of sp³-hybridized carbons (Fsp3) is 0.651. The molecule has 1 fully saturated rings. The number of allylic oxidation sites excluding steroid dienone is 17. The van der Waals surface area contributed by atoms with Crippen LogP contribution in [0.15, 0.2) is 109 Å². The third kappa shape index (κ3) is 40.3. The molecule has 0 saturated carbocycles. The largest absolute Gasteiger partial charge is 0.479 e. The molecule has 0 bridgehead atoms. The van der Waals surface area contributed by atoms with Crippen molar-refractivity contribution in [2.45, 2.75) is 250 Å². The summed E-state index contributed by atoms with van der Waals surface area (Å²) in [5, 5.41) is 31.4. The molecule has 0 aromatic rings. The number of hydrogen-bond donors (Lipinski definition) is 3. The van der Waals surface area contributed by atoms with Crippen molar-refractivity contribution in [1.82, 2.24) is 0 Å². The fourth-order valence-electron chi connectivity index (χ4n) is 7.98. The van der Waals surface area contributed by atoms with E-state index in [1.54, 1.807) is 6.08 Å². The van der Waals surface area contributed by atoms with Crippen LogP contribution in [0.3, 0.4) is 0 Å². The maximum atomic E-state index is 13.1. The van der Waals surface area contributed by atoms with Crippen LogP contribution in [0.25, 0.3) is 0 Å². The summed E-state index contributed by atoms with van der Waals surface area (Å²) < 4.78 is 28.2. The summed E-state index contributed by atoms with van der Waals surface area (Å²) in [5.41, 5.74) is 0. The van der Waals surface area contributed by atoms with Crippen molar-refractivity contribution in [2.75, 3.05) is 13.2 Å². The van der Waals surface area contributed by atoms with Gasteiger partial charge >= 0.3 is 23.9 Å². The molecule has 12 nitrogen and oxygen atoms in total. The van der Waals surface area contributed by atoms with Gasteiger partial charge in [0.15, 0.2) is 24.6 Å². The van der Waals surface area contributed by atoms with Crippen LogP contribution in [-0.2, 0) is 42.9 Å². The number of aliphatic hydroxyl groups is 2. The van der Waals surface area contributed by atoms with Crippen LogP contribution in [0.2, 0.25) is 0 Å². The molecule has 6 unspecified atom stereocenters. The standard InChI is InChI=1S/C63H100O12/c1-4-7-10-13-16-19-22-25-27-28-30-32-34-37-40-43-46-49-55(64)71-52-54(73-56(65)50-47-44-41-38-36-33-29-26-23-20-17-14-11-8-5-2)53-72-63-61(59(68)58(67)60(75-63)62(69)70)74-57(66)51-48-45-42-39-35-31-24-21-18-15-12-9-6-3/h7-8,10-11,16-17,19-21,24-27,29,36,38,44,47,54,58-61,63,67-68H,4-6,9,12-15,18,22-23,28,30-35,37,39-43,45-46,48-53H2,1-3H3,(H,69,70)/b10-7-,11-8-,19-16-,20-17-,24-21-,27-25-,29-26-,38-36-,47-44-. The second kappa shape index (κ2) is 50.2. The van der Waals surface area contributed by atoms with Gasteiger partial charge in [0.05, 0.1) is 13.0 Å². The molecular formula is C63H100O12. The van der Waals surface area contributed by atoms with Crippen LogP contribution < -0.4 is 0 Å². The van der Waals surface area contributed by atoms with Gasteiger partial charge < -0.3 is 39.0 Å². The third-order valence-corrected chi connectivity index (χ3v) is 12.3. The molecule has 0 aromatic carbocycles. The molecule has 0 aromatic heterocycles. The lowest BCUT2D eigenvalue weighted by atomic mass is 9.98. The lowest BCUT2D eigenvalue weighted by Gasteiger charge is -2.40. The molecule has 0 amide bonds. The molecule has 12 heteroatoms. The Balaban J connectivity index is 2.77. The second-order valence-electron chi connectivity index (χ2n) is 19.2. The van der Waals surface area contributed by atoms with Gasteiger partial charge in [-0.3, -0.25) is 14.4 Å². The van der Waals surface area contributed by atoms with Gasteiger partial charge in [0.1, 0.15) is 18.8 Å². The van der Waals surface area contributed by atoms with E-state index in [0.717, 1.165) is 128 Å². The molecule has 3 N–H and O–H groups in total. The first-order valence-electron chi connectivity index (χ1n) is 28.9. The Labute approximate surface area is 453 Å². The molecule has 1 aliphatic heterocycles. The molecule has 0 spiro atoms. The molecule has 75 heavy (non-hydrogen) atoms. The summed E-state index contributed by atoms with van der Waals surface area (Å²) in [6.07, 6.45) is 55.2. The van der Waals surface area contributed by atoms with Gasteiger partial charge in [0, 0.05) is 12.8 Å². The van der Waals surface area contributed by atoms with Crippen LogP contribution in [-0.4, -0.2) is 89.2 Å². The summed E-state index contributed by atoms with van der Waals surface area (Å²) in [5.74, 6) is -3.32. The van der Waals surface area contributed by atoms with Gasteiger partial charge in [-0.1, -0.05) is 201 Å². The van der Waals surface area contributed by atoms with E-state index in [1.165, 1.54) is 25.7 Å². The number of ether oxygens (including phenoxy) is 5. The van der Waals surface area contributed by atoms with Gasteiger partial charge in [-0.05, 0) is 103 Å². The Hall–Kier alpha value is -4.62. The molecule has 1 aliphatic rings. The van der Waals surface area contributed by atoms with E-state index in [1.807, 2.05) is 18.2 Å². The zero-order chi connectivity index (χ0) is 54.7. The van der Waals surface area contributed by atoms with E-state index in [-0.39, 0.29) is 25.9 Å². The number of rotatable bonds is 47. The Bertz CT molecular complexity index is 1720. The molecule has 424 valence electrons. The quantitative estimate of drug-likeness (QED) is 0.0228. The smallest absolute Gasteiger partial charge is 0.335 e. The SMILES string of the molecule is CC/C=C\C/C=C\C/C=C\C/C=C\C/C=C\CC(=O)OC(COC(=O)CCCCCCCCC/C=C\C/C=C\C/C=C\CC)COC1OC(C(=O)O)C(O)C(O)C1OC(=O)CCCCCCC/C=C\CCCCCC. The highest BCUT2D eigenvalue weighted by atomic mass is 16.7. The number of aliphatic hydroxyl groups excluding tert-OH is 2. The summed E-state index contributed by atoms with van der Waals surface area (Å²) in [4.78, 5) is 51.0. The number of hydrogen-bond acceptors (Lipinski definition) is 11. The second-order valence-corrected chi connectivity index (χ2v) is 19.2. The number of unbranched alkanes of at least 4 members (excludes halogenated alkanes) is 16. The maximum Gasteiger partial charge on any atom is 0.335 e. The summed E-state index contributed by atoms with van der Waals surface area (Å²) >= 11 is 0. The number of esters is 3. The summed E-state index contributed by atoms with van der Waals surface area (Å²) in [6, 6.07) is 0. The molecule has 0 aliphatic carbocycles. The zero-order valence-corrected chi connectivity index (χ0v) is 46.5. The topological polar surface area (TPSA) is 175 Å². The minimum atomic E-state index is -1.92. The lowest BCUT2D eigenvalue weighted by Crippen LogP contribution is -2.61. The first kappa shape index (κ1) is 68.4. The van der Waals surface area contributed by atoms with Crippen molar-refractivity contribution in [3.8, 4) is 0 Å². The van der Waals surface area contributed by atoms with Gasteiger partial charge in [-0.2, -0.15) is 0 Å². The molecule has 6 atom stereocenters. The fourth-order valence-corrected chi connectivity index (χ4v) is 7.98. The van der Waals surface area contributed by atoms with E-state index in [0.29, 0.717) is 19.3 Å². The van der Waals surface area contributed by atoms with E-state index < -0.39 is 67.3 Å². The van der Waals surface area contributed by atoms with E-state index >= 15 is 0 Å². The average molecular weight is 1050 g/mol. The molecule has 1 rings (SSSR count). The van der Waals surface area contributed by atoms with Crippen molar-refractivity contribution < 1.29 is 58.2 Å². The highest BCUT2D eigenvalue weighted by Gasteiger charge is 2.50. The average Bonchev–Trinajstić information content (AvgIpc) is 3.39. The Morgan fingerprint density at radius 2 is 0.880 bits per heavy atom. The number of carboxylic acid groups (broad SMARTS) is 1. The monoisotopic (exact) mass is 1050 g/mol. The normalized spacial score (nSPS) is 19.0. The Kier molecular flexibility index (Phi) is 45.8. The van der Waals surface area contributed by atoms with Gasteiger partial charge in [-0.25, -0.2) is 4.79 Å². The minimum Gasteiger partial charge on any atom is -0.479 e. The van der Waals surface area contributed by atoms with E-state index in [9.17, 15) is 34.5 Å². The van der Waals surface area contributed by atoms with Crippen LogP contribution in [0.5, 0.6) is 0 Å². The third-order valence-electron chi connectivity index (χ3n) is 12.3. The number of carbonyl (C=O) groups is 4. The van der Waals surface area contributed by atoms with Crippen molar-refractivity contribution in [3.05, 3.63) is 109 Å². The highest BCUT2D eigenvalue weighted by Crippen LogP contribution is 2.26. The van der Waals surface area contributed by atoms with Crippen molar-refractivity contribution in [1.29, 1.82) is 0 Å². The number of aliphatic carboxylic acids is 1. The van der Waals surface area contributed by atoms with Crippen molar-refractivity contribution >= 4 is 23.9 Å². The molecule has 0 radical (unpaired) electrons. The van der Waals surface area contributed by atoms with Crippen LogP contribution in [0.1, 0.15) is 213 Å². The molecular weight excluding hydrogens is 949 g/mol. The first-order valence-corrected chi connectivity index (χ1v) is 28.9. The van der Waals surface area contributed by atoms with Crippen LogP contribution in [0, 0.1) is 0 Å². The first-order chi connectivity index (χ1) is 36.6. The van der Waals surface area contributed by atoms with Crippen molar-refractivity contribution in [2.24, 2.45) is 0 Å². The van der Waals surface area contributed by atoms with E-state index in [4.69, 9.17) is 23.7 Å². The Morgan fingerprint density at radius 1 is 0.467 bits per heavy atom.